The molecule has 1 aromatic heterocycles. The van der Waals surface area contributed by atoms with Crippen molar-refractivity contribution in [1.82, 2.24) is 15.2 Å². The van der Waals surface area contributed by atoms with Crippen molar-refractivity contribution in [1.29, 1.82) is 0 Å². The highest BCUT2D eigenvalue weighted by molar-refractivity contribution is 5.83. The van der Waals surface area contributed by atoms with Crippen LogP contribution in [0.15, 0.2) is 54.9 Å². The molecule has 0 spiro atoms. The number of carbonyl (C=O) groups excluding carboxylic acids is 2. The summed E-state index contributed by atoms with van der Waals surface area (Å²) in [4.78, 5) is 31.4. The van der Waals surface area contributed by atoms with Gasteiger partial charge in [-0.2, -0.15) is 0 Å². The van der Waals surface area contributed by atoms with E-state index in [1.807, 2.05) is 62.9 Å². The van der Waals surface area contributed by atoms with Crippen molar-refractivity contribution in [2.75, 3.05) is 6.54 Å². The molecule has 30 heavy (non-hydrogen) atoms. The SMILES string of the molecule is C[C@H](CN(Cc1cccnc1)C(=O)[C@@H]1C[C@H]1c1ccccc1)NC(=O)OC(C)(C)C. The Balaban J connectivity index is 1.66. The number of benzene rings is 1. The summed E-state index contributed by atoms with van der Waals surface area (Å²) >= 11 is 0. The van der Waals surface area contributed by atoms with Gasteiger partial charge in [-0.1, -0.05) is 36.4 Å². The van der Waals surface area contributed by atoms with Crippen LogP contribution in [-0.2, 0) is 16.1 Å². The number of hydrogen-bond donors (Lipinski definition) is 1. The van der Waals surface area contributed by atoms with Gasteiger partial charge in [-0.05, 0) is 57.2 Å². The van der Waals surface area contributed by atoms with Crippen LogP contribution in [0.25, 0.3) is 0 Å². The van der Waals surface area contributed by atoms with E-state index in [2.05, 4.69) is 22.4 Å². The van der Waals surface area contributed by atoms with Gasteiger partial charge < -0.3 is 15.0 Å². The summed E-state index contributed by atoms with van der Waals surface area (Å²) in [7, 11) is 0. The number of amides is 2. The van der Waals surface area contributed by atoms with Crippen molar-refractivity contribution < 1.29 is 14.3 Å². The summed E-state index contributed by atoms with van der Waals surface area (Å²) in [5, 5.41) is 2.84. The number of hydrogen-bond acceptors (Lipinski definition) is 4. The molecule has 160 valence electrons. The average molecular weight is 410 g/mol. The first-order valence-corrected chi connectivity index (χ1v) is 10.4. The summed E-state index contributed by atoms with van der Waals surface area (Å²) in [6.45, 7) is 8.23. The van der Waals surface area contributed by atoms with Crippen LogP contribution in [0.1, 0.15) is 51.2 Å². The zero-order valence-electron chi connectivity index (χ0n) is 18.2. The van der Waals surface area contributed by atoms with E-state index in [4.69, 9.17) is 4.74 Å². The van der Waals surface area contributed by atoms with E-state index in [-0.39, 0.29) is 23.8 Å². The largest absolute Gasteiger partial charge is 0.444 e. The van der Waals surface area contributed by atoms with E-state index < -0.39 is 11.7 Å². The minimum Gasteiger partial charge on any atom is -0.444 e. The molecule has 6 nitrogen and oxygen atoms in total. The Kier molecular flexibility index (Phi) is 6.75. The second-order valence-corrected chi connectivity index (χ2v) is 8.99. The third-order valence-corrected chi connectivity index (χ3v) is 5.00. The molecule has 0 saturated heterocycles. The maximum absolute atomic E-state index is 13.3. The Morgan fingerprint density at radius 1 is 1.20 bits per heavy atom. The highest BCUT2D eigenvalue weighted by Gasteiger charge is 2.45. The summed E-state index contributed by atoms with van der Waals surface area (Å²) in [6, 6.07) is 13.7. The molecule has 2 aromatic rings. The number of ether oxygens (including phenoxy) is 1. The number of aromatic nitrogens is 1. The second-order valence-electron chi connectivity index (χ2n) is 8.99. The minimum atomic E-state index is -0.564. The zero-order valence-corrected chi connectivity index (χ0v) is 18.2. The lowest BCUT2D eigenvalue weighted by Crippen LogP contribution is -2.46. The van der Waals surface area contributed by atoms with E-state index in [0.717, 1.165) is 12.0 Å². The molecule has 3 atom stereocenters. The van der Waals surface area contributed by atoms with Crippen LogP contribution >= 0.6 is 0 Å². The number of carbonyl (C=O) groups is 2. The van der Waals surface area contributed by atoms with Crippen molar-refractivity contribution in [3.05, 3.63) is 66.0 Å². The normalized spacial score (nSPS) is 18.9. The second kappa shape index (κ2) is 9.28. The Hall–Kier alpha value is -2.89. The molecule has 1 saturated carbocycles. The van der Waals surface area contributed by atoms with Gasteiger partial charge in [0.05, 0.1) is 0 Å². The van der Waals surface area contributed by atoms with Crippen molar-refractivity contribution >= 4 is 12.0 Å². The van der Waals surface area contributed by atoms with Crippen LogP contribution in [0.4, 0.5) is 4.79 Å². The van der Waals surface area contributed by atoms with E-state index in [0.29, 0.717) is 13.1 Å². The first-order valence-electron chi connectivity index (χ1n) is 10.4. The number of nitrogens with zero attached hydrogens (tertiary/aromatic N) is 2. The van der Waals surface area contributed by atoms with Gasteiger partial charge in [-0.15, -0.1) is 0 Å². The Morgan fingerprint density at radius 3 is 2.57 bits per heavy atom. The van der Waals surface area contributed by atoms with E-state index in [1.54, 1.807) is 12.4 Å². The van der Waals surface area contributed by atoms with Crippen LogP contribution in [0.3, 0.4) is 0 Å². The Labute approximate surface area is 178 Å². The van der Waals surface area contributed by atoms with Gasteiger partial charge in [0, 0.05) is 37.4 Å². The van der Waals surface area contributed by atoms with Gasteiger partial charge in [0.15, 0.2) is 0 Å². The van der Waals surface area contributed by atoms with E-state index in [1.165, 1.54) is 5.56 Å². The predicted molar refractivity (Wildman–Crippen MR) is 116 cm³/mol. The average Bonchev–Trinajstić information content (AvgIpc) is 3.47. The summed E-state index contributed by atoms with van der Waals surface area (Å²) in [5.74, 6) is 0.368. The van der Waals surface area contributed by atoms with Crippen LogP contribution in [0.5, 0.6) is 0 Å². The Bertz CT molecular complexity index is 849. The maximum Gasteiger partial charge on any atom is 0.407 e. The molecule has 1 heterocycles. The Morgan fingerprint density at radius 2 is 1.93 bits per heavy atom. The summed E-state index contributed by atoms with van der Waals surface area (Å²) < 4.78 is 5.34. The molecule has 1 fully saturated rings. The fourth-order valence-electron chi connectivity index (χ4n) is 3.60. The summed E-state index contributed by atoms with van der Waals surface area (Å²) in [5.41, 5.74) is 1.61. The molecular formula is C24H31N3O3. The molecule has 1 aliphatic rings. The molecule has 6 heteroatoms. The van der Waals surface area contributed by atoms with Crippen LogP contribution in [0, 0.1) is 5.92 Å². The molecule has 1 N–H and O–H groups in total. The van der Waals surface area contributed by atoms with Gasteiger partial charge in [0.25, 0.3) is 0 Å². The standard InChI is InChI=1S/C24H31N3O3/c1-17(26-23(29)30-24(2,3)4)15-27(16-18-9-8-12-25-14-18)22(28)21-13-20(21)19-10-6-5-7-11-19/h5-12,14,17,20-21H,13,15-16H2,1-4H3,(H,26,29)/t17-,20+,21-/m1/s1. The lowest BCUT2D eigenvalue weighted by molar-refractivity contribution is -0.133. The maximum atomic E-state index is 13.3. The van der Waals surface area contributed by atoms with Crippen molar-refractivity contribution in [3.63, 3.8) is 0 Å². The molecule has 1 aromatic carbocycles. The quantitative estimate of drug-likeness (QED) is 0.746. The van der Waals surface area contributed by atoms with Crippen LogP contribution in [0.2, 0.25) is 0 Å². The van der Waals surface area contributed by atoms with E-state index >= 15 is 0 Å². The van der Waals surface area contributed by atoms with Gasteiger partial charge in [0.2, 0.25) is 5.91 Å². The first-order chi connectivity index (χ1) is 14.2. The number of rotatable bonds is 7. The third kappa shape index (κ3) is 6.31. The van der Waals surface area contributed by atoms with Gasteiger partial charge >= 0.3 is 6.09 Å². The van der Waals surface area contributed by atoms with Crippen molar-refractivity contribution in [2.24, 2.45) is 5.92 Å². The molecule has 2 amide bonds. The third-order valence-electron chi connectivity index (χ3n) is 5.00. The van der Waals surface area contributed by atoms with Crippen molar-refractivity contribution in [3.8, 4) is 0 Å². The lowest BCUT2D eigenvalue weighted by Gasteiger charge is -2.28. The van der Waals surface area contributed by atoms with Gasteiger partial charge in [0.1, 0.15) is 5.60 Å². The van der Waals surface area contributed by atoms with Gasteiger partial charge in [-0.3, -0.25) is 9.78 Å². The summed E-state index contributed by atoms with van der Waals surface area (Å²) in [6.07, 6.45) is 3.88. The monoisotopic (exact) mass is 409 g/mol. The van der Waals surface area contributed by atoms with Crippen LogP contribution < -0.4 is 5.32 Å². The number of nitrogens with one attached hydrogen (secondary N) is 1. The molecule has 0 unspecified atom stereocenters. The highest BCUT2D eigenvalue weighted by atomic mass is 16.6. The highest BCUT2D eigenvalue weighted by Crippen LogP contribution is 2.48. The molecule has 0 bridgehead atoms. The molecule has 3 rings (SSSR count). The van der Waals surface area contributed by atoms with Gasteiger partial charge in [-0.25, -0.2) is 4.79 Å². The fraction of sp³-hybridized carbons (Fsp3) is 0.458. The molecule has 0 radical (unpaired) electrons. The molecule has 1 aliphatic carbocycles. The topological polar surface area (TPSA) is 71.5 Å². The smallest absolute Gasteiger partial charge is 0.407 e. The zero-order chi connectivity index (χ0) is 21.7. The van der Waals surface area contributed by atoms with Crippen molar-refractivity contribution in [2.45, 2.75) is 58.2 Å². The lowest BCUT2D eigenvalue weighted by atomic mass is 10.1. The minimum absolute atomic E-state index is 0.0159. The molecular weight excluding hydrogens is 378 g/mol. The molecule has 0 aliphatic heterocycles. The number of alkyl carbamates (subject to hydrolysis) is 1. The van der Waals surface area contributed by atoms with Crippen LogP contribution in [-0.4, -0.2) is 40.1 Å². The predicted octanol–water partition coefficient (Wildman–Crippen LogP) is 4.13. The first kappa shape index (κ1) is 21.8. The fourth-order valence-corrected chi connectivity index (χ4v) is 3.60. The number of pyridine rings is 1. The van der Waals surface area contributed by atoms with E-state index in [9.17, 15) is 9.59 Å².